The zero-order valence-corrected chi connectivity index (χ0v) is 15.3. The molecule has 138 valence electrons. The number of anilines is 1. The topological polar surface area (TPSA) is 128 Å². The number of ether oxygens (including phenoxy) is 1. The van der Waals surface area contributed by atoms with E-state index in [-0.39, 0.29) is 16.4 Å². The van der Waals surface area contributed by atoms with Crippen LogP contribution in [-0.4, -0.2) is 31.4 Å². The summed E-state index contributed by atoms with van der Waals surface area (Å²) in [4.78, 5) is 1.20. The first kappa shape index (κ1) is 19.6. The second-order valence-corrected chi connectivity index (χ2v) is 7.12. The molecule has 0 aliphatic rings. The second kappa shape index (κ2) is 7.68. The molecule has 11 heteroatoms. The van der Waals surface area contributed by atoms with Crippen LogP contribution < -0.4 is 14.3 Å². The molecule has 0 saturated carbocycles. The van der Waals surface area contributed by atoms with Gasteiger partial charge in [-0.15, -0.1) is 0 Å². The van der Waals surface area contributed by atoms with Crippen molar-refractivity contribution in [3.05, 3.63) is 53.1 Å². The molecule has 0 radical (unpaired) electrons. The molecule has 9 nitrogen and oxygen atoms in total. The number of nitrogens with one attached hydrogen (secondary N) is 1. The van der Waals surface area contributed by atoms with Gasteiger partial charge in [-0.2, -0.15) is 0 Å². The number of hydrogen-bond donors (Lipinski definition) is 1. The summed E-state index contributed by atoms with van der Waals surface area (Å²) >= 11 is 6.06. The summed E-state index contributed by atoms with van der Waals surface area (Å²) < 4.78 is 36.9. The van der Waals surface area contributed by atoms with Crippen LogP contribution in [0.25, 0.3) is 5.69 Å². The van der Waals surface area contributed by atoms with Crippen LogP contribution in [0.5, 0.6) is 5.75 Å². The summed E-state index contributed by atoms with van der Waals surface area (Å²) in [5.74, 6) is 0.547. The van der Waals surface area contributed by atoms with Crippen LogP contribution in [0.2, 0.25) is 5.02 Å². The fourth-order valence-corrected chi connectivity index (χ4v) is 3.17. The van der Waals surface area contributed by atoms with Gasteiger partial charge in [0.05, 0.1) is 22.1 Å². The summed E-state index contributed by atoms with van der Waals surface area (Å²) in [6.45, 7) is 1.79. The van der Waals surface area contributed by atoms with Crippen LogP contribution >= 0.6 is 11.6 Å². The Morgan fingerprint density at radius 2 is 1.88 bits per heavy atom. The average molecular weight is 399 g/mol. The van der Waals surface area contributed by atoms with Crippen LogP contribution in [0.4, 0.5) is 6.01 Å². The van der Waals surface area contributed by atoms with E-state index in [0.29, 0.717) is 16.5 Å². The molecule has 2 aromatic carbocycles. The van der Waals surface area contributed by atoms with E-state index >= 15 is 0 Å². The SMILES string of the molecule is COc1ccc(S(=O)(=O)Nc2n[n+](-c3cccc(Cl)c3C)no2)cc1.[OH-]. The maximum Gasteiger partial charge on any atom is 0.403 e. The van der Waals surface area contributed by atoms with E-state index in [1.54, 1.807) is 25.1 Å². The van der Waals surface area contributed by atoms with Gasteiger partial charge in [0, 0.05) is 11.6 Å². The minimum Gasteiger partial charge on any atom is -0.870 e. The van der Waals surface area contributed by atoms with E-state index < -0.39 is 10.0 Å². The number of benzene rings is 2. The van der Waals surface area contributed by atoms with Crippen molar-refractivity contribution in [1.29, 1.82) is 0 Å². The molecule has 0 fully saturated rings. The number of rotatable bonds is 5. The second-order valence-electron chi connectivity index (χ2n) is 5.03. The number of aromatic nitrogens is 3. The van der Waals surface area contributed by atoms with Gasteiger partial charge in [0.1, 0.15) is 10.5 Å². The average Bonchev–Trinajstić information content (AvgIpc) is 3.05. The van der Waals surface area contributed by atoms with Gasteiger partial charge in [0.15, 0.2) is 0 Å². The number of sulfonamides is 1. The van der Waals surface area contributed by atoms with Crippen molar-refractivity contribution in [2.75, 3.05) is 11.8 Å². The van der Waals surface area contributed by atoms with Gasteiger partial charge in [-0.1, -0.05) is 17.7 Å². The molecule has 2 N–H and O–H groups in total. The smallest absolute Gasteiger partial charge is 0.403 e. The highest BCUT2D eigenvalue weighted by atomic mass is 35.5. The van der Waals surface area contributed by atoms with Crippen molar-refractivity contribution >= 4 is 27.6 Å². The molecule has 0 aliphatic heterocycles. The molecule has 0 saturated heterocycles. The first-order valence-corrected chi connectivity index (χ1v) is 8.95. The van der Waals surface area contributed by atoms with Gasteiger partial charge in [-0.05, 0) is 37.3 Å². The van der Waals surface area contributed by atoms with Crippen LogP contribution in [0, 0.1) is 6.92 Å². The van der Waals surface area contributed by atoms with E-state index in [4.69, 9.17) is 20.9 Å². The fourth-order valence-electron chi connectivity index (χ4n) is 2.08. The maximum atomic E-state index is 12.4. The summed E-state index contributed by atoms with van der Waals surface area (Å²) in [5.41, 5.74) is 1.31. The molecule has 0 aliphatic carbocycles. The first-order valence-electron chi connectivity index (χ1n) is 7.09. The lowest BCUT2D eigenvalue weighted by atomic mass is 10.2. The van der Waals surface area contributed by atoms with Crippen molar-refractivity contribution in [1.82, 2.24) is 10.4 Å². The molecular weight excluding hydrogens is 384 g/mol. The predicted octanol–water partition coefficient (Wildman–Crippen LogP) is 1.94. The summed E-state index contributed by atoms with van der Waals surface area (Å²) in [7, 11) is -2.37. The molecular formula is C15H15ClN4O5S. The highest BCUT2D eigenvalue weighted by molar-refractivity contribution is 7.92. The molecule has 26 heavy (non-hydrogen) atoms. The molecule has 1 aromatic heterocycles. The third kappa shape index (κ3) is 3.93. The Labute approximate surface area is 154 Å². The van der Waals surface area contributed by atoms with E-state index in [9.17, 15) is 8.42 Å². The molecule has 0 bridgehead atoms. The largest absolute Gasteiger partial charge is 0.870 e. The monoisotopic (exact) mass is 398 g/mol. The van der Waals surface area contributed by atoms with Crippen LogP contribution in [0.15, 0.2) is 51.9 Å². The van der Waals surface area contributed by atoms with Crippen molar-refractivity contribution in [2.45, 2.75) is 11.8 Å². The van der Waals surface area contributed by atoms with Crippen molar-refractivity contribution in [3.63, 3.8) is 0 Å². The summed E-state index contributed by atoms with van der Waals surface area (Å²) in [6.07, 6.45) is 0. The van der Waals surface area contributed by atoms with E-state index in [2.05, 4.69) is 15.1 Å². The van der Waals surface area contributed by atoms with E-state index in [1.807, 2.05) is 0 Å². The number of halogens is 1. The Hall–Kier alpha value is -2.69. The summed E-state index contributed by atoms with van der Waals surface area (Å²) in [6, 6.07) is 10.8. The quantitative estimate of drug-likeness (QED) is 0.650. The minimum absolute atomic E-state index is 0. The lowest BCUT2D eigenvalue weighted by Gasteiger charge is -2.04. The van der Waals surface area contributed by atoms with E-state index in [1.165, 1.54) is 31.4 Å². The van der Waals surface area contributed by atoms with Crippen LogP contribution in [0.3, 0.4) is 0 Å². The first-order chi connectivity index (χ1) is 11.9. The highest BCUT2D eigenvalue weighted by Crippen LogP contribution is 2.19. The van der Waals surface area contributed by atoms with Crippen LogP contribution in [-0.2, 0) is 10.0 Å². The number of nitrogens with zero attached hydrogens (tertiary/aromatic N) is 3. The standard InChI is InChI=1S/C15H14ClN4O4S.H2O/c1-10-13(16)4-3-5-14(10)20-17-15(24-19-20)18-25(21,22)12-8-6-11(23-2)7-9-12;/h3-9H,1-2H3,(H,17,18,19);1H2/q+1;/p-1. The van der Waals surface area contributed by atoms with Crippen molar-refractivity contribution in [3.8, 4) is 11.4 Å². The van der Waals surface area contributed by atoms with Crippen molar-refractivity contribution < 1.29 is 28.0 Å². The third-order valence-electron chi connectivity index (χ3n) is 3.44. The Balaban J connectivity index is 0.00000243. The van der Waals surface area contributed by atoms with Gasteiger partial charge < -0.3 is 10.2 Å². The summed E-state index contributed by atoms with van der Waals surface area (Å²) in [5, 5.41) is 8.25. The zero-order valence-electron chi connectivity index (χ0n) is 13.7. The van der Waals surface area contributed by atoms with Gasteiger partial charge in [-0.3, -0.25) is 4.52 Å². The predicted molar refractivity (Wildman–Crippen MR) is 91.3 cm³/mol. The maximum absolute atomic E-state index is 12.4. The Morgan fingerprint density at radius 1 is 1.19 bits per heavy atom. The van der Waals surface area contributed by atoms with Gasteiger partial charge in [0.25, 0.3) is 15.7 Å². The Kier molecular flexibility index (Phi) is 5.80. The third-order valence-corrected chi connectivity index (χ3v) is 5.18. The van der Waals surface area contributed by atoms with Gasteiger partial charge in [-0.25, -0.2) is 13.1 Å². The van der Waals surface area contributed by atoms with Gasteiger partial charge in [0.2, 0.25) is 5.27 Å². The molecule has 3 rings (SSSR count). The Morgan fingerprint density at radius 3 is 2.54 bits per heavy atom. The molecule has 1 heterocycles. The lowest BCUT2D eigenvalue weighted by Crippen LogP contribution is -2.37. The molecule has 0 amide bonds. The fraction of sp³-hybridized carbons (Fsp3) is 0.133. The minimum atomic E-state index is -3.87. The highest BCUT2D eigenvalue weighted by Gasteiger charge is 2.25. The van der Waals surface area contributed by atoms with E-state index in [0.717, 1.165) is 10.4 Å². The Bertz CT molecular complexity index is 1010. The number of hydrogen-bond acceptors (Lipinski definition) is 7. The molecule has 0 atom stereocenters. The number of methoxy groups -OCH3 is 1. The van der Waals surface area contributed by atoms with Gasteiger partial charge >= 0.3 is 6.01 Å². The van der Waals surface area contributed by atoms with Crippen LogP contribution in [0.1, 0.15) is 5.56 Å². The lowest BCUT2D eigenvalue weighted by molar-refractivity contribution is -0.725. The normalized spacial score (nSPS) is 10.9. The molecule has 0 unspecified atom stereocenters. The zero-order chi connectivity index (χ0) is 18.0. The van der Waals surface area contributed by atoms with Crippen molar-refractivity contribution in [2.24, 2.45) is 0 Å². The molecule has 3 aromatic rings. The molecule has 0 spiro atoms.